The molecule has 0 aliphatic carbocycles. The Balaban J connectivity index is 2.40. The fourth-order valence-electron chi connectivity index (χ4n) is 2.11. The number of hydrogen-bond donors (Lipinski definition) is 1. The zero-order chi connectivity index (χ0) is 13.8. The van der Waals surface area contributed by atoms with E-state index in [2.05, 4.69) is 52.6 Å². The minimum Gasteiger partial charge on any atom is -0.306 e. The van der Waals surface area contributed by atoms with E-state index >= 15 is 0 Å². The molecule has 0 aliphatic rings. The van der Waals surface area contributed by atoms with Crippen LogP contribution in [0.2, 0.25) is 5.02 Å². The summed E-state index contributed by atoms with van der Waals surface area (Å²) in [5.41, 5.74) is 2.58. The molecule has 0 radical (unpaired) electrons. The summed E-state index contributed by atoms with van der Waals surface area (Å²) < 4.78 is 1.05. The van der Waals surface area contributed by atoms with Crippen molar-refractivity contribution in [2.75, 3.05) is 6.54 Å². The van der Waals surface area contributed by atoms with Crippen molar-refractivity contribution in [1.82, 2.24) is 5.32 Å². The van der Waals surface area contributed by atoms with Gasteiger partial charge in [-0.2, -0.15) is 0 Å². The van der Waals surface area contributed by atoms with Crippen LogP contribution in [0.15, 0.2) is 34.1 Å². The average molecular weight is 359 g/mol. The summed E-state index contributed by atoms with van der Waals surface area (Å²) in [6.07, 6.45) is 1.12. The predicted molar refractivity (Wildman–Crippen MR) is 88.3 cm³/mol. The van der Waals surface area contributed by atoms with E-state index in [1.54, 1.807) is 11.3 Å². The second-order valence-electron chi connectivity index (χ2n) is 4.49. The van der Waals surface area contributed by atoms with Crippen LogP contribution in [0.25, 0.3) is 0 Å². The van der Waals surface area contributed by atoms with Gasteiger partial charge in [0.05, 0.1) is 6.04 Å². The van der Waals surface area contributed by atoms with E-state index in [1.807, 2.05) is 12.1 Å². The van der Waals surface area contributed by atoms with Gasteiger partial charge in [-0.3, -0.25) is 0 Å². The first-order chi connectivity index (χ1) is 9.13. The molecule has 1 N–H and O–H groups in total. The second-order valence-corrected chi connectivity index (χ2v) is 6.90. The molecular weight excluding hydrogens is 342 g/mol. The number of benzene rings is 1. The monoisotopic (exact) mass is 357 g/mol. The Labute approximate surface area is 132 Å². The van der Waals surface area contributed by atoms with Gasteiger partial charge in [-0.25, -0.2) is 0 Å². The van der Waals surface area contributed by atoms with E-state index in [-0.39, 0.29) is 6.04 Å². The zero-order valence-corrected chi connectivity index (χ0v) is 14.2. The van der Waals surface area contributed by atoms with Gasteiger partial charge in [-0.1, -0.05) is 40.5 Å². The van der Waals surface area contributed by atoms with Crippen LogP contribution in [0.1, 0.15) is 35.4 Å². The minimum atomic E-state index is 0.220. The van der Waals surface area contributed by atoms with Crippen LogP contribution in [0.5, 0.6) is 0 Å². The SMILES string of the molecule is CCCNC(c1ccc(Cl)cc1Br)c1ccsc1C. The standard InChI is InChI=1S/C15H17BrClNS/c1-3-7-18-15(12-6-8-19-10(12)2)13-5-4-11(17)9-14(13)16/h4-6,8-9,15,18H,3,7H2,1-2H3. The van der Waals surface area contributed by atoms with Crippen LogP contribution >= 0.6 is 38.9 Å². The Morgan fingerprint density at radius 2 is 2.11 bits per heavy atom. The van der Waals surface area contributed by atoms with Crippen LogP contribution in [0.3, 0.4) is 0 Å². The van der Waals surface area contributed by atoms with Gasteiger partial charge >= 0.3 is 0 Å². The van der Waals surface area contributed by atoms with Crippen LogP contribution in [0, 0.1) is 6.92 Å². The highest BCUT2D eigenvalue weighted by Gasteiger charge is 2.18. The van der Waals surface area contributed by atoms with Crippen molar-refractivity contribution in [3.63, 3.8) is 0 Å². The van der Waals surface area contributed by atoms with E-state index in [9.17, 15) is 0 Å². The van der Waals surface area contributed by atoms with Crippen molar-refractivity contribution in [2.45, 2.75) is 26.3 Å². The van der Waals surface area contributed by atoms with E-state index in [0.717, 1.165) is 22.5 Å². The molecule has 2 aromatic rings. The van der Waals surface area contributed by atoms with Gasteiger partial charge < -0.3 is 5.32 Å². The molecular formula is C15H17BrClNS. The lowest BCUT2D eigenvalue weighted by atomic mass is 9.99. The number of rotatable bonds is 5. The number of thiophene rings is 1. The maximum Gasteiger partial charge on any atom is 0.0598 e. The lowest BCUT2D eigenvalue weighted by Gasteiger charge is -2.21. The van der Waals surface area contributed by atoms with Crippen molar-refractivity contribution < 1.29 is 0 Å². The van der Waals surface area contributed by atoms with Crippen molar-refractivity contribution in [3.8, 4) is 0 Å². The maximum absolute atomic E-state index is 6.03. The third-order valence-corrected chi connectivity index (χ3v) is 4.87. The third kappa shape index (κ3) is 3.60. The Kier molecular flexibility index (Phi) is 5.46. The molecule has 0 fully saturated rings. The van der Waals surface area contributed by atoms with E-state index in [0.29, 0.717) is 0 Å². The molecule has 0 saturated carbocycles. The number of aryl methyl sites for hydroxylation is 1. The molecule has 1 unspecified atom stereocenters. The normalized spacial score (nSPS) is 12.6. The summed E-state index contributed by atoms with van der Waals surface area (Å²) in [6.45, 7) is 5.35. The average Bonchev–Trinajstić information content (AvgIpc) is 2.78. The Hall–Kier alpha value is -0.350. The second kappa shape index (κ2) is 6.89. The van der Waals surface area contributed by atoms with Gasteiger partial charge in [0, 0.05) is 14.4 Å². The van der Waals surface area contributed by atoms with Crippen molar-refractivity contribution in [2.24, 2.45) is 0 Å². The molecule has 0 amide bonds. The summed E-state index contributed by atoms with van der Waals surface area (Å²) in [5, 5.41) is 6.53. The van der Waals surface area contributed by atoms with Gasteiger partial charge in [-0.05, 0) is 54.6 Å². The molecule has 1 heterocycles. The highest BCUT2D eigenvalue weighted by atomic mass is 79.9. The van der Waals surface area contributed by atoms with Crippen LogP contribution < -0.4 is 5.32 Å². The quantitative estimate of drug-likeness (QED) is 0.737. The number of nitrogens with one attached hydrogen (secondary N) is 1. The van der Waals surface area contributed by atoms with Crippen LogP contribution in [0.4, 0.5) is 0 Å². The highest BCUT2D eigenvalue weighted by molar-refractivity contribution is 9.10. The summed E-state index contributed by atoms with van der Waals surface area (Å²) >= 11 is 11.5. The molecule has 1 aromatic heterocycles. The Morgan fingerprint density at radius 3 is 2.68 bits per heavy atom. The van der Waals surface area contributed by atoms with Gasteiger partial charge in [-0.15, -0.1) is 11.3 Å². The van der Waals surface area contributed by atoms with Crippen LogP contribution in [-0.2, 0) is 0 Å². The number of halogens is 2. The predicted octanol–water partition coefficient (Wildman–Crippen LogP) is 5.56. The molecule has 0 bridgehead atoms. The Bertz CT molecular complexity index is 553. The van der Waals surface area contributed by atoms with E-state index < -0.39 is 0 Å². The van der Waals surface area contributed by atoms with E-state index in [4.69, 9.17) is 11.6 Å². The smallest absolute Gasteiger partial charge is 0.0598 e. The zero-order valence-electron chi connectivity index (χ0n) is 11.0. The van der Waals surface area contributed by atoms with Gasteiger partial charge in [0.1, 0.15) is 0 Å². The molecule has 0 aliphatic heterocycles. The largest absolute Gasteiger partial charge is 0.306 e. The molecule has 1 atom stereocenters. The first-order valence-corrected chi connectivity index (χ1v) is 8.41. The molecule has 19 heavy (non-hydrogen) atoms. The van der Waals surface area contributed by atoms with Gasteiger partial charge in [0.15, 0.2) is 0 Å². The molecule has 102 valence electrons. The minimum absolute atomic E-state index is 0.220. The first-order valence-electron chi connectivity index (χ1n) is 6.35. The number of hydrogen-bond acceptors (Lipinski definition) is 2. The molecule has 1 aromatic carbocycles. The fourth-order valence-corrected chi connectivity index (χ4v) is 3.76. The molecule has 0 spiro atoms. The summed E-state index contributed by atoms with van der Waals surface area (Å²) in [4.78, 5) is 1.36. The Morgan fingerprint density at radius 1 is 1.32 bits per heavy atom. The topological polar surface area (TPSA) is 12.0 Å². The maximum atomic E-state index is 6.03. The van der Waals surface area contributed by atoms with Crippen molar-refractivity contribution in [3.05, 3.63) is 55.1 Å². The van der Waals surface area contributed by atoms with Crippen molar-refractivity contribution in [1.29, 1.82) is 0 Å². The van der Waals surface area contributed by atoms with Crippen LogP contribution in [-0.4, -0.2) is 6.54 Å². The molecule has 2 rings (SSSR count). The highest BCUT2D eigenvalue weighted by Crippen LogP contribution is 2.33. The molecule has 1 nitrogen and oxygen atoms in total. The first kappa shape index (κ1) is 15.0. The van der Waals surface area contributed by atoms with Crippen molar-refractivity contribution >= 4 is 38.9 Å². The fraction of sp³-hybridized carbons (Fsp3) is 0.333. The third-order valence-electron chi connectivity index (χ3n) is 3.08. The summed E-state index contributed by atoms with van der Waals surface area (Å²) in [5.74, 6) is 0. The molecule has 0 saturated heterocycles. The van der Waals surface area contributed by atoms with Gasteiger partial charge in [0.2, 0.25) is 0 Å². The summed E-state index contributed by atoms with van der Waals surface area (Å²) in [6, 6.07) is 8.42. The molecule has 4 heteroatoms. The van der Waals surface area contributed by atoms with Gasteiger partial charge in [0.25, 0.3) is 0 Å². The van der Waals surface area contributed by atoms with E-state index in [1.165, 1.54) is 16.0 Å². The lowest BCUT2D eigenvalue weighted by Crippen LogP contribution is -2.23. The lowest BCUT2D eigenvalue weighted by molar-refractivity contribution is 0.596. The summed E-state index contributed by atoms with van der Waals surface area (Å²) in [7, 11) is 0.